The molecule has 0 bridgehead atoms. The summed E-state index contributed by atoms with van der Waals surface area (Å²) in [5.74, 6) is 0. The second-order valence-electron chi connectivity index (χ2n) is 5.66. The van der Waals surface area contributed by atoms with Gasteiger partial charge in [-0.1, -0.05) is 46.5 Å². The highest BCUT2D eigenvalue weighted by Crippen LogP contribution is 2.44. The lowest BCUT2D eigenvalue weighted by Gasteiger charge is -2.14. The first-order chi connectivity index (χ1) is 6.56. The molecule has 1 heteroatoms. The quantitative estimate of drug-likeness (QED) is 0.613. The van der Waals surface area contributed by atoms with Crippen LogP contribution in [0.4, 0.5) is 0 Å². The molecule has 84 valence electrons. The Kier molecular flexibility index (Phi) is 4.43. The van der Waals surface area contributed by atoms with Crippen molar-refractivity contribution in [1.82, 2.24) is 5.32 Å². The van der Waals surface area contributed by atoms with Gasteiger partial charge in [0.05, 0.1) is 0 Å². The van der Waals surface area contributed by atoms with E-state index in [0.717, 1.165) is 12.1 Å². The van der Waals surface area contributed by atoms with Gasteiger partial charge in [-0.2, -0.15) is 0 Å². The van der Waals surface area contributed by atoms with Crippen molar-refractivity contribution in [3.63, 3.8) is 0 Å². The fourth-order valence-electron chi connectivity index (χ4n) is 2.06. The Morgan fingerprint density at radius 3 is 2.43 bits per heavy atom. The van der Waals surface area contributed by atoms with Gasteiger partial charge in [0.2, 0.25) is 0 Å². The summed E-state index contributed by atoms with van der Waals surface area (Å²) < 4.78 is 0. The average molecular weight is 197 g/mol. The first-order valence-corrected chi connectivity index (χ1v) is 6.32. The van der Waals surface area contributed by atoms with Gasteiger partial charge in [0.1, 0.15) is 0 Å². The van der Waals surface area contributed by atoms with E-state index < -0.39 is 0 Å². The van der Waals surface area contributed by atoms with Crippen LogP contribution in [0.1, 0.15) is 66.2 Å². The zero-order valence-corrected chi connectivity index (χ0v) is 10.4. The van der Waals surface area contributed by atoms with Crippen molar-refractivity contribution >= 4 is 0 Å². The highest BCUT2D eigenvalue weighted by molar-refractivity contribution is 5.02. The van der Waals surface area contributed by atoms with Crippen molar-refractivity contribution in [2.45, 2.75) is 78.3 Å². The molecular formula is C13H27N. The van der Waals surface area contributed by atoms with E-state index in [1.807, 2.05) is 0 Å². The minimum Gasteiger partial charge on any atom is -0.311 e. The van der Waals surface area contributed by atoms with E-state index in [1.54, 1.807) is 0 Å². The molecule has 1 saturated carbocycles. The summed E-state index contributed by atoms with van der Waals surface area (Å²) in [5.41, 5.74) is 0.581. The van der Waals surface area contributed by atoms with Crippen molar-refractivity contribution in [3.05, 3.63) is 0 Å². The third-order valence-electron chi connectivity index (χ3n) is 3.49. The zero-order chi connectivity index (χ0) is 10.6. The molecule has 0 aromatic rings. The van der Waals surface area contributed by atoms with Crippen molar-refractivity contribution in [3.8, 4) is 0 Å². The largest absolute Gasteiger partial charge is 0.311 e. The van der Waals surface area contributed by atoms with Gasteiger partial charge in [-0.3, -0.25) is 0 Å². The maximum atomic E-state index is 3.72. The van der Waals surface area contributed by atoms with Gasteiger partial charge in [-0.15, -0.1) is 0 Å². The molecule has 0 aromatic carbocycles. The molecular weight excluding hydrogens is 170 g/mol. The van der Waals surface area contributed by atoms with E-state index in [4.69, 9.17) is 0 Å². The molecule has 1 N–H and O–H groups in total. The summed E-state index contributed by atoms with van der Waals surface area (Å²) in [7, 11) is 0. The average Bonchev–Trinajstić information content (AvgIpc) is 2.68. The lowest BCUT2D eigenvalue weighted by molar-refractivity contribution is 0.444. The van der Waals surface area contributed by atoms with E-state index in [9.17, 15) is 0 Å². The van der Waals surface area contributed by atoms with Crippen LogP contribution in [0.25, 0.3) is 0 Å². The van der Waals surface area contributed by atoms with Crippen molar-refractivity contribution < 1.29 is 0 Å². The normalized spacial score (nSPS) is 26.1. The molecule has 1 nitrogen and oxygen atoms in total. The third kappa shape index (κ3) is 4.00. The van der Waals surface area contributed by atoms with Gasteiger partial charge < -0.3 is 5.32 Å². The van der Waals surface area contributed by atoms with Crippen LogP contribution in [-0.4, -0.2) is 12.1 Å². The zero-order valence-electron chi connectivity index (χ0n) is 10.4. The van der Waals surface area contributed by atoms with Crippen LogP contribution in [-0.2, 0) is 0 Å². The Bertz CT molecular complexity index is 163. The fraction of sp³-hybridized carbons (Fsp3) is 1.00. The maximum Gasteiger partial charge on any atom is 0.0127 e. The second-order valence-corrected chi connectivity index (χ2v) is 5.66. The van der Waals surface area contributed by atoms with Gasteiger partial charge in [0, 0.05) is 12.1 Å². The van der Waals surface area contributed by atoms with Crippen LogP contribution >= 0.6 is 0 Å². The smallest absolute Gasteiger partial charge is 0.0127 e. The van der Waals surface area contributed by atoms with Gasteiger partial charge >= 0.3 is 0 Å². The highest BCUT2D eigenvalue weighted by atomic mass is 15.0. The Morgan fingerprint density at radius 2 is 1.93 bits per heavy atom. The van der Waals surface area contributed by atoms with Crippen LogP contribution in [0.15, 0.2) is 0 Å². The Labute approximate surface area is 89.7 Å². The van der Waals surface area contributed by atoms with Crippen molar-refractivity contribution in [1.29, 1.82) is 0 Å². The summed E-state index contributed by atoms with van der Waals surface area (Å²) in [5, 5.41) is 3.72. The number of hydrogen-bond donors (Lipinski definition) is 1. The summed E-state index contributed by atoms with van der Waals surface area (Å²) in [4.78, 5) is 0. The standard InChI is InChI=1S/C13H27N/c1-5-6-7-8-9-11(2)14-12-10-13(12,3)4/h11-12,14H,5-10H2,1-4H3. The highest BCUT2D eigenvalue weighted by Gasteiger charge is 2.45. The molecule has 1 aliphatic rings. The lowest BCUT2D eigenvalue weighted by Crippen LogP contribution is -2.30. The number of nitrogens with one attached hydrogen (secondary N) is 1. The van der Waals surface area contributed by atoms with Gasteiger partial charge in [0.25, 0.3) is 0 Å². The van der Waals surface area contributed by atoms with Crippen LogP contribution in [0, 0.1) is 5.41 Å². The molecule has 1 rings (SSSR count). The monoisotopic (exact) mass is 197 g/mol. The van der Waals surface area contributed by atoms with Crippen LogP contribution in [0.2, 0.25) is 0 Å². The summed E-state index contributed by atoms with van der Waals surface area (Å²) in [6.07, 6.45) is 8.28. The van der Waals surface area contributed by atoms with Crippen LogP contribution in [0.3, 0.4) is 0 Å². The van der Waals surface area contributed by atoms with Crippen LogP contribution in [0.5, 0.6) is 0 Å². The molecule has 0 radical (unpaired) electrons. The molecule has 2 unspecified atom stereocenters. The molecule has 0 amide bonds. The van der Waals surface area contributed by atoms with Crippen LogP contribution < -0.4 is 5.32 Å². The van der Waals surface area contributed by atoms with E-state index in [1.165, 1.54) is 38.5 Å². The molecule has 0 aromatic heterocycles. The molecule has 0 aliphatic heterocycles. The molecule has 1 fully saturated rings. The second kappa shape index (κ2) is 5.16. The van der Waals surface area contributed by atoms with Gasteiger partial charge in [-0.25, -0.2) is 0 Å². The minimum atomic E-state index is 0.581. The third-order valence-corrected chi connectivity index (χ3v) is 3.49. The summed E-state index contributed by atoms with van der Waals surface area (Å²) >= 11 is 0. The number of unbranched alkanes of at least 4 members (excludes halogenated alkanes) is 3. The molecule has 0 saturated heterocycles. The summed E-state index contributed by atoms with van der Waals surface area (Å²) in [6.45, 7) is 9.32. The van der Waals surface area contributed by atoms with E-state index in [2.05, 4.69) is 33.0 Å². The van der Waals surface area contributed by atoms with Crippen molar-refractivity contribution in [2.24, 2.45) is 5.41 Å². The number of hydrogen-bond acceptors (Lipinski definition) is 1. The Balaban J connectivity index is 1.97. The predicted octanol–water partition coefficient (Wildman–Crippen LogP) is 3.73. The first kappa shape index (κ1) is 12.0. The molecule has 2 atom stereocenters. The molecule has 0 spiro atoms. The lowest BCUT2D eigenvalue weighted by atomic mass is 10.1. The van der Waals surface area contributed by atoms with E-state index >= 15 is 0 Å². The molecule has 1 aliphatic carbocycles. The fourth-order valence-corrected chi connectivity index (χ4v) is 2.06. The molecule has 0 heterocycles. The number of rotatable bonds is 7. The van der Waals surface area contributed by atoms with Gasteiger partial charge in [0.15, 0.2) is 0 Å². The summed E-state index contributed by atoms with van der Waals surface area (Å²) in [6, 6.07) is 1.52. The Morgan fingerprint density at radius 1 is 1.29 bits per heavy atom. The topological polar surface area (TPSA) is 12.0 Å². The first-order valence-electron chi connectivity index (χ1n) is 6.32. The van der Waals surface area contributed by atoms with E-state index in [-0.39, 0.29) is 0 Å². The Hall–Kier alpha value is -0.0400. The van der Waals surface area contributed by atoms with Gasteiger partial charge in [-0.05, 0) is 25.2 Å². The molecule has 14 heavy (non-hydrogen) atoms. The predicted molar refractivity (Wildman–Crippen MR) is 63.5 cm³/mol. The van der Waals surface area contributed by atoms with Crippen molar-refractivity contribution in [2.75, 3.05) is 0 Å². The maximum absolute atomic E-state index is 3.72. The SMILES string of the molecule is CCCCCCC(C)NC1CC1(C)C. The minimum absolute atomic E-state index is 0.581. The van der Waals surface area contributed by atoms with E-state index in [0.29, 0.717) is 5.41 Å².